The van der Waals surface area contributed by atoms with Crippen molar-refractivity contribution in [3.63, 3.8) is 0 Å². The van der Waals surface area contributed by atoms with Gasteiger partial charge < -0.3 is 4.74 Å². The molecule has 0 aromatic carbocycles. The second-order valence-corrected chi connectivity index (χ2v) is 3.55. The summed E-state index contributed by atoms with van der Waals surface area (Å²) in [6.07, 6.45) is 3.69. The van der Waals surface area contributed by atoms with Gasteiger partial charge in [0.15, 0.2) is 0 Å². The van der Waals surface area contributed by atoms with Crippen LogP contribution in [0.5, 0.6) is 0 Å². The van der Waals surface area contributed by atoms with Gasteiger partial charge in [0.1, 0.15) is 11.7 Å². The van der Waals surface area contributed by atoms with E-state index in [9.17, 15) is 9.59 Å². The van der Waals surface area contributed by atoms with E-state index < -0.39 is 5.92 Å². The smallest absolute Gasteiger partial charge is 0.316 e. The lowest BCUT2D eigenvalue weighted by molar-refractivity contribution is -0.153. The molecule has 0 heterocycles. The average Bonchev–Trinajstić information content (AvgIpc) is 2.17. The molecule has 0 N–H and O–H groups in total. The highest BCUT2D eigenvalue weighted by molar-refractivity contribution is 5.99. The molecule has 0 aliphatic heterocycles. The lowest BCUT2D eigenvalue weighted by Crippen LogP contribution is -2.31. The van der Waals surface area contributed by atoms with Gasteiger partial charge in [-0.1, -0.05) is 6.08 Å². The van der Waals surface area contributed by atoms with Gasteiger partial charge in [0.2, 0.25) is 0 Å². The minimum Gasteiger partial charge on any atom is -0.465 e. The van der Waals surface area contributed by atoms with Crippen LogP contribution in [0, 0.1) is 11.8 Å². The summed E-state index contributed by atoms with van der Waals surface area (Å²) in [6, 6.07) is 0. The number of esters is 1. The Hall–Kier alpha value is -1.12. The first-order valence-electron chi connectivity index (χ1n) is 5.01. The fourth-order valence-corrected chi connectivity index (χ4v) is 1.74. The molecule has 2 atom stereocenters. The molecular formula is C11H16O3. The van der Waals surface area contributed by atoms with Gasteiger partial charge in [0.25, 0.3) is 0 Å². The molecule has 0 bridgehead atoms. The van der Waals surface area contributed by atoms with Crippen LogP contribution in [0.1, 0.15) is 26.2 Å². The van der Waals surface area contributed by atoms with Gasteiger partial charge in [-0.25, -0.2) is 0 Å². The number of Topliss-reactive ketones (excluding diaryl/α,β-unsaturated/α-hetero) is 1. The van der Waals surface area contributed by atoms with Crippen LogP contribution in [0.4, 0.5) is 0 Å². The van der Waals surface area contributed by atoms with Gasteiger partial charge in [-0.2, -0.15) is 0 Å². The second-order valence-electron chi connectivity index (χ2n) is 3.55. The summed E-state index contributed by atoms with van der Waals surface area (Å²) >= 11 is 0. The molecule has 0 saturated heterocycles. The Morgan fingerprint density at radius 2 is 2.36 bits per heavy atom. The second kappa shape index (κ2) is 4.94. The third kappa shape index (κ3) is 2.44. The Kier molecular flexibility index (Phi) is 3.86. The van der Waals surface area contributed by atoms with Crippen molar-refractivity contribution in [2.45, 2.75) is 26.2 Å². The third-order valence-electron chi connectivity index (χ3n) is 2.58. The molecular weight excluding hydrogens is 180 g/mol. The summed E-state index contributed by atoms with van der Waals surface area (Å²) < 4.78 is 4.84. The van der Waals surface area contributed by atoms with Crippen LogP contribution >= 0.6 is 0 Å². The van der Waals surface area contributed by atoms with E-state index in [4.69, 9.17) is 4.74 Å². The van der Waals surface area contributed by atoms with E-state index in [0.29, 0.717) is 19.4 Å². The van der Waals surface area contributed by atoms with E-state index in [0.717, 1.165) is 6.42 Å². The van der Waals surface area contributed by atoms with Gasteiger partial charge in [-0.15, -0.1) is 6.58 Å². The topological polar surface area (TPSA) is 43.4 Å². The SMILES string of the molecule is C=C[C@@H]1CCC(C(=O)OCC)C(=O)C1. The molecule has 1 unspecified atom stereocenters. The number of rotatable bonds is 3. The fraction of sp³-hybridized carbons (Fsp3) is 0.636. The highest BCUT2D eigenvalue weighted by atomic mass is 16.5. The van der Waals surface area contributed by atoms with Crippen molar-refractivity contribution >= 4 is 11.8 Å². The van der Waals surface area contributed by atoms with E-state index >= 15 is 0 Å². The van der Waals surface area contributed by atoms with Gasteiger partial charge in [0, 0.05) is 6.42 Å². The molecule has 1 fully saturated rings. The van der Waals surface area contributed by atoms with Gasteiger partial charge in [-0.3, -0.25) is 9.59 Å². The van der Waals surface area contributed by atoms with Crippen molar-refractivity contribution in [3.05, 3.63) is 12.7 Å². The van der Waals surface area contributed by atoms with E-state index in [1.54, 1.807) is 13.0 Å². The Balaban J connectivity index is 2.53. The summed E-state index contributed by atoms with van der Waals surface area (Å²) in [5.41, 5.74) is 0. The molecule has 0 spiro atoms. The monoisotopic (exact) mass is 196 g/mol. The number of carbonyl (C=O) groups is 2. The van der Waals surface area contributed by atoms with Crippen molar-refractivity contribution in [1.82, 2.24) is 0 Å². The minimum atomic E-state index is -0.522. The molecule has 3 nitrogen and oxygen atoms in total. The van der Waals surface area contributed by atoms with Crippen molar-refractivity contribution in [2.75, 3.05) is 6.61 Å². The largest absolute Gasteiger partial charge is 0.465 e. The molecule has 78 valence electrons. The zero-order valence-corrected chi connectivity index (χ0v) is 8.49. The first-order chi connectivity index (χ1) is 6.69. The molecule has 0 amide bonds. The number of allylic oxidation sites excluding steroid dienone is 1. The van der Waals surface area contributed by atoms with Crippen LogP contribution in [0.2, 0.25) is 0 Å². The van der Waals surface area contributed by atoms with Gasteiger partial charge in [0.05, 0.1) is 6.61 Å². The summed E-state index contributed by atoms with van der Waals surface area (Å²) in [6.45, 7) is 5.75. The van der Waals surface area contributed by atoms with Crippen molar-refractivity contribution in [1.29, 1.82) is 0 Å². The Bertz CT molecular complexity index is 245. The molecule has 14 heavy (non-hydrogen) atoms. The quantitative estimate of drug-likeness (QED) is 0.392. The van der Waals surface area contributed by atoms with Crippen LogP contribution in [0.15, 0.2) is 12.7 Å². The van der Waals surface area contributed by atoms with Crippen molar-refractivity contribution in [3.8, 4) is 0 Å². The Labute approximate surface area is 84.1 Å². The zero-order valence-electron chi connectivity index (χ0n) is 8.49. The summed E-state index contributed by atoms with van der Waals surface area (Å²) in [4.78, 5) is 22.9. The molecule has 3 heteroatoms. The number of hydrogen-bond acceptors (Lipinski definition) is 3. The summed E-state index contributed by atoms with van der Waals surface area (Å²) in [5.74, 6) is -0.640. The normalized spacial score (nSPS) is 27.1. The number of hydrogen-bond donors (Lipinski definition) is 0. The van der Waals surface area contributed by atoms with E-state index in [1.165, 1.54) is 0 Å². The number of carbonyl (C=O) groups excluding carboxylic acids is 2. The van der Waals surface area contributed by atoms with Gasteiger partial charge >= 0.3 is 5.97 Å². The Morgan fingerprint density at radius 3 is 2.86 bits per heavy atom. The van der Waals surface area contributed by atoms with E-state index in [1.807, 2.05) is 0 Å². The molecule has 1 rings (SSSR count). The van der Waals surface area contributed by atoms with Crippen molar-refractivity contribution in [2.24, 2.45) is 11.8 Å². The number of ether oxygens (including phenoxy) is 1. The van der Waals surface area contributed by atoms with Crippen LogP contribution < -0.4 is 0 Å². The number of ketones is 1. The molecule has 1 saturated carbocycles. The first kappa shape index (κ1) is 11.0. The molecule has 0 radical (unpaired) electrons. The predicted molar refractivity (Wildman–Crippen MR) is 52.7 cm³/mol. The highest BCUT2D eigenvalue weighted by Crippen LogP contribution is 2.27. The third-order valence-corrected chi connectivity index (χ3v) is 2.58. The lowest BCUT2D eigenvalue weighted by atomic mass is 9.81. The minimum absolute atomic E-state index is 0.000370. The zero-order chi connectivity index (χ0) is 10.6. The molecule has 1 aliphatic rings. The molecule has 0 aromatic rings. The average molecular weight is 196 g/mol. The Morgan fingerprint density at radius 1 is 1.64 bits per heavy atom. The standard InChI is InChI=1S/C11H16O3/c1-3-8-5-6-9(10(12)7-8)11(13)14-4-2/h3,8-9H,1,4-7H2,2H3/t8-,9?/m1/s1. The van der Waals surface area contributed by atoms with Gasteiger partial charge in [-0.05, 0) is 25.7 Å². The maximum absolute atomic E-state index is 11.5. The van der Waals surface area contributed by atoms with Crippen LogP contribution in [-0.4, -0.2) is 18.4 Å². The summed E-state index contributed by atoms with van der Waals surface area (Å²) in [7, 11) is 0. The first-order valence-corrected chi connectivity index (χ1v) is 5.01. The van der Waals surface area contributed by atoms with E-state index in [-0.39, 0.29) is 17.7 Å². The summed E-state index contributed by atoms with van der Waals surface area (Å²) in [5, 5.41) is 0. The van der Waals surface area contributed by atoms with Crippen molar-refractivity contribution < 1.29 is 14.3 Å². The maximum atomic E-state index is 11.5. The maximum Gasteiger partial charge on any atom is 0.316 e. The highest BCUT2D eigenvalue weighted by Gasteiger charge is 2.33. The van der Waals surface area contributed by atoms with E-state index in [2.05, 4.69) is 6.58 Å². The van der Waals surface area contributed by atoms with Crippen LogP contribution in [0.25, 0.3) is 0 Å². The van der Waals surface area contributed by atoms with Crippen LogP contribution in [-0.2, 0) is 14.3 Å². The van der Waals surface area contributed by atoms with Crippen LogP contribution in [0.3, 0.4) is 0 Å². The fourth-order valence-electron chi connectivity index (χ4n) is 1.74. The molecule has 0 aromatic heterocycles. The predicted octanol–water partition coefficient (Wildman–Crippen LogP) is 1.72. The molecule has 1 aliphatic carbocycles. The lowest BCUT2D eigenvalue weighted by Gasteiger charge is -2.23.